The summed E-state index contributed by atoms with van der Waals surface area (Å²) in [4.78, 5) is 7.05. The van der Waals surface area contributed by atoms with Gasteiger partial charge in [0.25, 0.3) is 0 Å². The molecule has 6 rings (SSSR count). The number of hydrogen-bond donors (Lipinski definition) is 1. The van der Waals surface area contributed by atoms with Gasteiger partial charge in [0, 0.05) is 42.0 Å². The number of likely N-dealkylation sites (tertiary alicyclic amines) is 1. The SMILES string of the molecule is Oc1ccc2c(c1)C(=CCCN1CCC3(CC1)OCc1cc(Cl)ccc13)c1cccnc1CO2. The van der Waals surface area contributed by atoms with Crippen LogP contribution in [0.1, 0.15) is 47.2 Å². The normalized spacial score (nSPS) is 19.9. The van der Waals surface area contributed by atoms with E-state index in [4.69, 9.17) is 21.1 Å². The Labute approximate surface area is 204 Å². The first-order valence-corrected chi connectivity index (χ1v) is 12.2. The van der Waals surface area contributed by atoms with Crippen LogP contribution in [0.25, 0.3) is 5.57 Å². The second-order valence-electron chi connectivity index (χ2n) is 9.30. The highest BCUT2D eigenvalue weighted by Gasteiger charge is 2.42. The lowest BCUT2D eigenvalue weighted by molar-refractivity contribution is -0.0785. The van der Waals surface area contributed by atoms with Crippen LogP contribution in [0.3, 0.4) is 0 Å². The fourth-order valence-electron chi connectivity index (χ4n) is 5.53. The monoisotopic (exact) mass is 474 g/mol. The molecule has 5 nitrogen and oxygen atoms in total. The van der Waals surface area contributed by atoms with E-state index in [1.807, 2.05) is 24.3 Å². The number of phenols is 1. The molecule has 0 radical (unpaired) electrons. The fraction of sp³-hybridized carbons (Fsp3) is 0.321. The Bertz CT molecular complexity index is 1260. The summed E-state index contributed by atoms with van der Waals surface area (Å²) in [5.41, 5.74) is 6.37. The predicted molar refractivity (Wildman–Crippen MR) is 132 cm³/mol. The van der Waals surface area contributed by atoms with Crippen LogP contribution >= 0.6 is 11.6 Å². The minimum atomic E-state index is -0.158. The third-order valence-electron chi connectivity index (χ3n) is 7.32. The molecule has 34 heavy (non-hydrogen) atoms. The predicted octanol–water partition coefficient (Wildman–Crippen LogP) is 5.68. The van der Waals surface area contributed by atoms with Crippen LogP contribution in [0.4, 0.5) is 0 Å². The molecule has 6 heteroatoms. The molecule has 1 aromatic heterocycles. The van der Waals surface area contributed by atoms with Gasteiger partial charge in [-0.1, -0.05) is 29.8 Å². The van der Waals surface area contributed by atoms with Gasteiger partial charge in [-0.15, -0.1) is 0 Å². The van der Waals surface area contributed by atoms with Crippen molar-refractivity contribution in [1.82, 2.24) is 9.88 Å². The van der Waals surface area contributed by atoms with E-state index < -0.39 is 0 Å². The lowest BCUT2D eigenvalue weighted by Gasteiger charge is -2.39. The zero-order chi connectivity index (χ0) is 23.1. The minimum absolute atomic E-state index is 0.158. The van der Waals surface area contributed by atoms with Crippen LogP contribution in [0, 0.1) is 0 Å². The summed E-state index contributed by atoms with van der Waals surface area (Å²) in [5, 5.41) is 10.9. The molecular weight excluding hydrogens is 448 g/mol. The molecule has 3 aromatic rings. The highest BCUT2D eigenvalue weighted by molar-refractivity contribution is 6.30. The largest absolute Gasteiger partial charge is 0.508 e. The van der Waals surface area contributed by atoms with Gasteiger partial charge >= 0.3 is 0 Å². The molecule has 1 spiro atoms. The molecule has 0 saturated carbocycles. The van der Waals surface area contributed by atoms with Gasteiger partial charge in [0.1, 0.15) is 18.1 Å². The molecule has 1 saturated heterocycles. The molecule has 3 aliphatic rings. The van der Waals surface area contributed by atoms with Gasteiger partial charge in [-0.3, -0.25) is 4.98 Å². The lowest BCUT2D eigenvalue weighted by Crippen LogP contribution is -2.42. The first-order valence-electron chi connectivity index (χ1n) is 11.9. The standard InChI is InChI=1S/C28H27ClN2O3/c29-20-5-7-25-19(15-20)17-34-28(25)9-13-31(14-10-28)12-2-4-22-23-3-1-11-30-26(23)18-33-27-8-6-21(32)16-24(22)27/h1,3-8,11,15-16,32H,2,9-10,12-14,17-18H2. The Kier molecular flexibility index (Phi) is 5.56. The fourth-order valence-corrected chi connectivity index (χ4v) is 5.72. The van der Waals surface area contributed by atoms with Gasteiger partial charge < -0.3 is 19.5 Å². The number of piperidine rings is 1. The highest BCUT2D eigenvalue weighted by atomic mass is 35.5. The van der Waals surface area contributed by atoms with Crippen molar-refractivity contribution in [3.05, 3.63) is 93.8 Å². The maximum atomic E-state index is 10.1. The van der Waals surface area contributed by atoms with E-state index in [9.17, 15) is 5.11 Å². The molecular formula is C28H27ClN2O3. The maximum Gasteiger partial charge on any atom is 0.131 e. The van der Waals surface area contributed by atoms with E-state index in [-0.39, 0.29) is 11.4 Å². The van der Waals surface area contributed by atoms with Crippen molar-refractivity contribution < 1.29 is 14.6 Å². The zero-order valence-corrected chi connectivity index (χ0v) is 19.7. The second-order valence-corrected chi connectivity index (χ2v) is 9.74. The number of phenolic OH excluding ortho intramolecular Hbond substituents is 1. The summed E-state index contributed by atoms with van der Waals surface area (Å²) >= 11 is 6.18. The van der Waals surface area contributed by atoms with E-state index in [1.165, 1.54) is 11.1 Å². The Hall–Kier alpha value is -2.86. The van der Waals surface area contributed by atoms with Gasteiger partial charge in [0.15, 0.2) is 0 Å². The number of hydrogen-bond acceptors (Lipinski definition) is 5. The van der Waals surface area contributed by atoms with Crippen molar-refractivity contribution in [1.29, 1.82) is 0 Å². The Morgan fingerprint density at radius 1 is 1.06 bits per heavy atom. The van der Waals surface area contributed by atoms with Crippen LogP contribution in [-0.4, -0.2) is 34.6 Å². The quantitative estimate of drug-likeness (QED) is 0.529. The Balaban J connectivity index is 1.18. The number of aromatic nitrogens is 1. The van der Waals surface area contributed by atoms with Crippen molar-refractivity contribution in [2.24, 2.45) is 0 Å². The van der Waals surface area contributed by atoms with Crippen molar-refractivity contribution in [3.8, 4) is 11.5 Å². The molecule has 1 fully saturated rings. The zero-order valence-electron chi connectivity index (χ0n) is 19.0. The van der Waals surface area contributed by atoms with Gasteiger partial charge in [-0.2, -0.15) is 0 Å². The summed E-state index contributed by atoms with van der Waals surface area (Å²) in [5.74, 6) is 1.01. The molecule has 0 atom stereocenters. The number of halogens is 1. The Morgan fingerprint density at radius 2 is 1.94 bits per heavy atom. The van der Waals surface area contributed by atoms with Crippen molar-refractivity contribution in [2.45, 2.75) is 38.1 Å². The lowest BCUT2D eigenvalue weighted by atomic mass is 9.84. The second kappa shape index (κ2) is 8.73. The number of nitrogens with zero attached hydrogens (tertiary/aromatic N) is 2. The van der Waals surface area contributed by atoms with Gasteiger partial charge in [0.05, 0.1) is 17.9 Å². The van der Waals surface area contributed by atoms with E-state index in [1.54, 1.807) is 18.3 Å². The van der Waals surface area contributed by atoms with Gasteiger partial charge in [-0.25, -0.2) is 0 Å². The van der Waals surface area contributed by atoms with Crippen molar-refractivity contribution in [3.63, 3.8) is 0 Å². The van der Waals surface area contributed by atoms with E-state index in [2.05, 4.69) is 28.1 Å². The maximum absolute atomic E-state index is 10.1. The van der Waals surface area contributed by atoms with Crippen LogP contribution in [0.2, 0.25) is 5.02 Å². The summed E-state index contributed by atoms with van der Waals surface area (Å²) in [6.45, 7) is 4.06. The molecule has 0 bridgehead atoms. The van der Waals surface area contributed by atoms with E-state index >= 15 is 0 Å². The van der Waals surface area contributed by atoms with Crippen molar-refractivity contribution in [2.75, 3.05) is 19.6 Å². The number of aromatic hydroxyl groups is 1. The molecule has 0 unspecified atom stereocenters. The van der Waals surface area contributed by atoms with E-state index in [0.717, 1.165) is 72.1 Å². The average Bonchev–Trinajstić information content (AvgIpc) is 3.11. The van der Waals surface area contributed by atoms with Gasteiger partial charge in [-0.05, 0) is 72.4 Å². The molecule has 4 heterocycles. The summed E-state index contributed by atoms with van der Waals surface area (Å²) in [7, 11) is 0. The molecule has 1 N–H and O–H groups in total. The summed E-state index contributed by atoms with van der Waals surface area (Å²) < 4.78 is 12.3. The number of rotatable bonds is 3. The highest BCUT2D eigenvalue weighted by Crippen LogP contribution is 2.45. The molecule has 174 valence electrons. The van der Waals surface area contributed by atoms with Gasteiger partial charge in [0.2, 0.25) is 0 Å². The number of benzene rings is 2. The topological polar surface area (TPSA) is 54.8 Å². The third kappa shape index (κ3) is 3.88. The number of ether oxygens (including phenoxy) is 2. The molecule has 0 aliphatic carbocycles. The van der Waals surface area contributed by atoms with E-state index in [0.29, 0.717) is 13.2 Å². The average molecular weight is 475 g/mol. The van der Waals surface area contributed by atoms with Crippen molar-refractivity contribution >= 4 is 17.2 Å². The first-order chi connectivity index (χ1) is 16.6. The van der Waals surface area contributed by atoms with Crippen LogP contribution in [0.15, 0.2) is 60.8 Å². The first kappa shape index (κ1) is 21.7. The van der Waals surface area contributed by atoms with Crippen LogP contribution in [0.5, 0.6) is 11.5 Å². The smallest absolute Gasteiger partial charge is 0.131 e. The molecule has 3 aliphatic heterocycles. The molecule has 0 amide bonds. The third-order valence-corrected chi connectivity index (χ3v) is 7.55. The van der Waals surface area contributed by atoms with Crippen LogP contribution in [-0.2, 0) is 23.6 Å². The minimum Gasteiger partial charge on any atom is -0.508 e. The number of pyridine rings is 1. The summed E-state index contributed by atoms with van der Waals surface area (Å²) in [6.07, 6.45) is 6.96. The number of fused-ring (bicyclic) bond motifs is 4. The van der Waals surface area contributed by atoms with Crippen LogP contribution < -0.4 is 4.74 Å². The summed E-state index contributed by atoms with van der Waals surface area (Å²) in [6, 6.07) is 15.5. The molecule has 2 aromatic carbocycles. The Morgan fingerprint density at radius 3 is 2.82 bits per heavy atom.